The van der Waals surface area contributed by atoms with Crippen LogP contribution in [0.3, 0.4) is 0 Å². The molecule has 2 aliphatic rings. The Morgan fingerprint density at radius 1 is 1.15 bits per heavy atom. The Labute approximate surface area is 231 Å². The van der Waals surface area contributed by atoms with E-state index in [-0.39, 0.29) is 24.3 Å². The van der Waals surface area contributed by atoms with Crippen molar-refractivity contribution >= 4 is 17.7 Å². The van der Waals surface area contributed by atoms with Crippen LogP contribution < -0.4 is 11.1 Å². The van der Waals surface area contributed by atoms with Crippen LogP contribution in [0.2, 0.25) is 0 Å². The molecule has 8 heteroatoms. The topological polar surface area (TPSA) is 105 Å². The number of nitrogens with two attached hydrogens (primary N) is 1. The number of nitrogens with zero attached hydrogens (tertiary/aromatic N) is 2. The zero-order valence-electron chi connectivity index (χ0n) is 23.8. The number of carbonyl (C=O) groups excluding carboxylic acids is 3. The van der Waals surface area contributed by atoms with Crippen LogP contribution in [0.25, 0.3) is 0 Å². The van der Waals surface area contributed by atoms with E-state index >= 15 is 0 Å². The largest absolute Gasteiger partial charge is 0.374 e. The Morgan fingerprint density at radius 3 is 2.51 bits per heavy atom. The Morgan fingerprint density at radius 2 is 1.85 bits per heavy atom. The molecular formula is C31H42N4O4. The van der Waals surface area contributed by atoms with Gasteiger partial charge in [-0.05, 0) is 57.2 Å². The lowest BCUT2D eigenvalue weighted by atomic mass is 9.69. The van der Waals surface area contributed by atoms with Gasteiger partial charge in [0.1, 0.15) is 6.04 Å². The molecule has 3 atom stereocenters. The van der Waals surface area contributed by atoms with E-state index in [1.807, 2.05) is 45.2 Å². The molecule has 0 aliphatic carbocycles. The number of hydrogen-bond donors (Lipinski definition) is 2. The molecule has 3 unspecified atom stereocenters. The maximum atomic E-state index is 14.0. The zero-order chi connectivity index (χ0) is 28.4. The third-order valence-electron chi connectivity index (χ3n) is 8.20. The number of amides is 3. The van der Waals surface area contributed by atoms with Crippen molar-refractivity contribution in [1.29, 1.82) is 0 Å². The second kappa shape index (κ2) is 11.5. The van der Waals surface area contributed by atoms with Gasteiger partial charge in [0.05, 0.1) is 24.2 Å². The molecule has 2 aromatic carbocycles. The van der Waals surface area contributed by atoms with Crippen LogP contribution in [0.5, 0.6) is 0 Å². The van der Waals surface area contributed by atoms with Gasteiger partial charge in [0.25, 0.3) is 0 Å². The van der Waals surface area contributed by atoms with Gasteiger partial charge in [0.15, 0.2) is 0 Å². The molecule has 2 heterocycles. The quantitative estimate of drug-likeness (QED) is 0.542. The summed E-state index contributed by atoms with van der Waals surface area (Å²) in [4.78, 5) is 43.9. The van der Waals surface area contributed by atoms with Crippen molar-refractivity contribution in [2.45, 2.75) is 64.6 Å². The average Bonchev–Trinajstić information content (AvgIpc) is 3.13. The fourth-order valence-electron chi connectivity index (χ4n) is 5.81. The number of piperidine rings is 1. The minimum absolute atomic E-state index is 0.00767. The highest BCUT2D eigenvalue weighted by atomic mass is 16.5. The Hall–Kier alpha value is -3.23. The van der Waals surface area contributed by atoms with Crippen molar-refractivity contribution in [3.8, 4) is 0 Å². The van der Waals surface area contributed by atoms with Crippen LogP contribution in [0, 0.1) is 19.3 Å². The fraction of sp³-hybridized carbons (Fsp3) is 0.516. The van der Waals surface area contributed by atoms with Crippen LogP contribution in [0.4, 0.5) is 0 Å². The lowest BCUT2D eigenvalue weighted by Crippen LogP contribution is -2.60. The van der Waals surface area contributed by atoms with E-state index < -0.39 is 22.9 Å². The molecule has 2 aliphatic heterocycles. The highest BCUT2D eigenvalue weighted by Crippen LogP contribution is 2.49. The zero-order valence-corrected chi connectivity index (χ0v) is 23.8. The summed E-state index contributed by atoms with van der Waals surface area (Å²) in [6.45, 7) is 9.04. The van der Waals surface area contributed by atoms with E-state index in [4.69, 9.17) is 10.5 Å². The third kappa shape index (κ3) is 6.17. The number of rotatable bonds is 8. The molecule has 3 amide bonds. The Balaban J connectivity index is 1.55. The summed E-state index contributed by atoms with van der Waals surface area (Å²) in [6.07, 6.45) is 1.43. The van der Waals surface area contributed by atoms with Crippen LogP contribution in [-0.4, -0.2) is 72.4 Å². The standard InChI is InChI=1S/C31H42N4O4/c1-21-11-13-23(14-12-21)25-17-34(5)29(38)31(25)15-8-16-35(20-31)27(36)26(33-28(37)30(3,4)32)19-39-18-24-10-7-6-9-22(24)2/h6-7,9-14,25-26H,8,15-20,32H2,1-5H3,(H,33,37). The number of benzene rings is 2. The molecule has 39 heavy (non-hydrogen) atoms. The molecule has 3 N–H and O–H groups in total. The van der Waals surface area contributed by atoms with E-state index in [0.717, 1.165) is 28.7 Å². The van der Waals surface area contributed by atoms with Crippen molar-refractivity contribution in [2.75, 3.05) is 33.3 Å². The number of ether oxygens (including phenoxy) is 1. The van der Waals surface area contributed by atoms with E-state index in [1.54, 1.807) is 23.6 Å². The molecular weight excluding hydrogens is 492 g/mol. The van der Waals surface area contributed by atoms with Crippen molar-refractivity contribution in [2.24, 2.45) is 11.1 Å². The summed E-state index contributed by atoms with van der Waals surface area (Å²) in [5.41, 5.74) is 8.58. The summed E-state index contributed by atoms with van der Waals surface area (Å²) < 4.78 is 5.97. The summed E-state index contributed by atoms with van der Waals surface area (Å²) >= 11 is 0. The molecule has 2 saturated heterocycles. The number of hydrogen-bond acceptors (Lipinski definition) is 5. The maximum absolute atomic E-state index is 14.0. The second-order valence-electron chi connectivity index (χ2n) is 11.9. The van der Waals surface area contributed by atoms with Crippen molar-refractivity contribution in [3.63, 3.8) is 0 Å². The molecule has 0 bridgehead atoms. The maximum Gasteiger partial charge on any atom is 0.247 e. The molecule has 0 saturated carbocycles. The van der Waals surface area contributed by atoms with Gasteiger partial charge in [-0.2, -0.15) is 0 Å². The Kier molecular flexibility index (Phi) is 8.47. The van der Waals surface area contributed by atoms with Crippen molar-refractivity contribution in [3.05, 3.63) is 70.8 Å². The van der Waals surface area contributed by atoms with Crippen LogP contribution >= 0.6 is 0 Å². The van der Waals surface area contributed by atoms with Gasteiger partial charge < -0.3 is 25.6 Å². The van der Waals surface area contributed by atoms with Crippen molar-refractivity contribution in [1.82, 2.24) is 15.1 Å². The predicted octanol–water partition coefficient (Wildman–Crippen LogP) is 2.91. The second-order valence-corrected chi connectivity index (χ2v) is 11.9. The van der Waals surface area contributed by atoms with Gasteiger partial charge in [-0.25, -0.2) is 0 Å². The molecule has 210 valence electrons. The first-order chi connectivity index (χ1) is 18.4. The first-order valence-electron chi connectivity index (χ1n) is 13.8. The van der Waals surface area contributed by atoms with Gasteiger partial charge in [0.2, 0.25) is 17.7 Å². The Bertz CT molecular complexity index is 1210. The summed E-state index contributed by atoms with van der Waals surface area (Å²) in [5, 5.41) is 2.83. The summed E-state index contributed by atoms with van der Waals surface area (Å²) in [7, 11) is 1.84. The molecule has 0 radical (unpaired) electrons. The van der Waals surface area contributed by atoms with Gasteiger partial charge in [-0.15, -0.1) is 0 Å². The minimum Gasteiger partial charge on any atom is -0.374 e. The lowest BCUT2D eigenvalue weighted by molar-refractivity contribution is -0.147. The molecule has 2 fully saturated rings. The smallest absolute Gasteiger partial charge is 0.247 e. The normalized spacial score (nSPS) is 22.3. The first-order valence-corrected chi connectivity index (χ1v) is 13.8. The first kappa shape index (κ1) is 28.8. The predicted molar refractivity (Wildman–Crippen MR) is 151 cm³/mol. The number of carbonyl (C=O) groups is 3. The van der Waals surface area contributed by atoms with E-state index in [0.29, 0.717) is 32.7 Å². The molecule has 4 rings (SSSR count). The number of nitrogens with one attached hydrogen (secondary N) is 1. The highest BCUT2D eigenvalue weighted by Gasteiger charge is 2.55. The molecule has 8 nitrogen and oxygen atoms in total. The highest BCUT2D eigenvalue weighted by molar-refractivity contribution is 5.92. The van der Waals surface area contributed by atoms with E-state index in [2.05, 4.69) is 29.6 Å². The number of aryl methyl sites for hydroxylation is 2. The van der Waals surface area contributed by atoms with E-state index in [9.17, 15) is 14.4 Å². The van der Waals surface area contributed by atoms with Crippen LogP contribution in [-0.2, 0) is 25.7 Å². The van der Waals surface area contributed by atoms with Crippen molar-refractivity contribution < 1.29 is 19.1 Å². The lowest BCUT2D eigenvalue weighted by Gasteiger charge is -2.43. The number of likely N-dealkylation sites (N-methyl/N-ethyl adjacent to an activating group) is 1. The fourth-order valence-corrected chi connectivity index (χ4v) is 5.81. The van der Waals surface area contributed by atoms with Gasteiger partial charge in [-0.1, -0.05) is 54.1 Å². The molecule has 2 aromatic rings. The average molecular weight is 535 g/mol. The SMILES string of the molecule is Cc1ccc(C2CN(C)C(=O)C23CCCN(C(=O)C(COCc2ccccc2C)NC(=O)C(C)(C)N)C3)cc1. The van der Waals surface area contributed by atoms with Gasteiger partial charge in [0, 0.05) is 32.6 Å². The van der Waals surface area contributed by atoms with E-state index in [1.165, 1.54) is 0 Å². The molecule has 0 aromatic heterocycles. The van der Waals surface area contributed by atoms with Crippen LogP contribution in [0.15, 0.2) is 48.5 Å². The minimum atomic E-state index is -1.15. The third-order valence-corrected chi connectivity index (χ3v) is 8.20. The van der Waals surface area contributed by atoms with Gasteiger partial charge in [-0.3, -0.25) is 14.4 Å². The monoisotopic (exact) mass is 534 g/mol. The van der Waals surface area contributed by atoms with Gasteiger partial charge >= 0.3 is 0 Å². The summed E-state index contributed by atoms with van der Waals surface area (Å²) in [5.74, 6) is -0.618. The number of likely N-dealkylation sites (tertiary alicyclic amines) is 2. The molecule has 1 spiro atoms. The summed E-state index contributed by atoms with van der Waals surface area (Å²) in [6, 6.07) is 15.3. The van der Waals surface area contributed by atoms with Crippen LogP contribution in [0.1, 0.15) is 54.9 Å².